The third-order valence-corrected chi connectivity index (χ3v) is 4.27. The van der Waals surface area contributed by atoms with Crippen molar-refractivity contribution in [1.82, 2.24) is 4.90 Å². The van der Waals surface area contributed by atoms with Crippen LogP contribution in [0.4, 0.5) is 4.39 Å². The van der Waals surface area contributed by atoms with E-state index < -0.39 is 6.10 Å². The second-order valence-electron chi connectivity index (χ2n) is 7.16. The number of aliphatic hydroxyl groups is 1. The van der Waals surface area contributed by atoms with Gasteiger partial charge in [-0.3, -0.25) is 4.90 Å². The summed E-state index contributed by atoms with van der Waals surface area (Å²) in [7, 11) is 0. The van der Waals surface area contributed by atoms with Gasteiger partial charge < -0.3 is 9.84 Å². The summed E-state index contributed by atoms with van der Waals surface area (Å²) >= 11 is 0. The standard InChI is InChI=1S/C22H30FNO2/c1-18(2)12-13-24(14-20-10-6-7-11-22(20)23)15-21(25)17-26-16-19-8-4-3-5-9-19/h3-11,18,21,25H,12-17H2,1-2H3/t21-/m1/s1. The Balaban J connectivity index is 1.85. The minimum atomic E-state index is -0.599. The van der Waals surface area contributed by atoms with E-state index in [2.05, 4.69) is 18.7 Å². The van der Waals surface area contributed by atoms with Crippen molar-refractivity contribution in [3.05, 3.63) is 71.5 Å². The number of hydrogen-bond donors (Lipinski definition) is 1. The molecule has 3 nitrogen and oxygen atoms in total. The van der Waals surface area contributed by atoms with Gasteiger partial charge in [-0.25, -0.2) is 4.39 Å². The number of aliphatic hydroxyl groups excluding tert-OH is 1. The van der Waals surface area contributed by atoms with Gasteiger partial charge >= 0.3 is 0 Å². The highest BCUT2D eigenvalue weighted by atomic mass is 19.1. The van der Waals surface area contributed by atoms with Crippen molar-refractivity contribution < 1.29 is 14.2 Å². The Kier molecular flexibility index (Phi) is 8.75. The maximum atomic E-state index is 14.0. The van der Waals surface area contributed by atoms with Crippen LogP contribution in [0.3, 0.4) is 0 Å². The number of hydrogen-bond acceptors (Lipinski definition) is 3. The Hall–Kier alpha value is -1.75. The second kappa shape index (κ2) is 11.1. The third-order valence-electron chi connectivity index (χ3n) is 4.27. The predicted octanol–water partition coefficient (Wildman–Crippen LogP) is 4.25. The number of benzene rings is 2. The molecule has 0 aliphatic heterocycles. The topological polar surface area (TPSA) is 32.7 Å². The summed E-state index contributed by atoms with van der Waals surface area (Å²) in [6.07, 6.45) is 0.407. The van der Waals surface area contributed by atoms with Crippen molar-refractivity contribution >= 4 is 0 Å². The first kappa shape index (κ1) is 20.6. The molecular formula is C22H30FNO2. The third kappa shape index (κ3) is 7.65. The summed E-state index contributed by atoms with van der Waals surface area (Å²) in [6.45, 7) is 6.87. The number of halogens is 1. The molecule has 0 radical (unpaired) electrons. The molecule has 2 aromatic carbocycles. The fourth-order valence-electron chi connectivity index (χ4n) is 2.78. The summed E-state index contributed by atoms with van der Waals surface area (Å²) < 4.78 is 19.6. The van der Waals surface area contributed by atoms with Crippen LogP contribution in [0.1, 0.15) is 31.4 Å². The van der Waals surface area contributed by atoms with Crippen LogP contribution in [0.5, 0.6) is 0 Å². The molecule has 2 rings (SSSR count). The summed E-state index contributed by atoms with van der Waals surface area (Å²) in [6, 6.07) is 16.7. The van der Waals surface area contributed by atoms with Crippen LogP contribution in [0, 0.1) is 11.7 Å². The van der Waals surface area contributed by atoms with E-state index in [9.17, 15) is 9.50 Å². The minimum Gasteiger partial charge on any atom is -0.389 e. The van der Waals surface area contributed by atoms with Crippen LogP contribution in [0.25, 0.3) is 0 Å². The summed E-state index contributed by atoms with van der Waals surface area (Å²) in [5.41, 5.74) is 1.75. The Labute approximate surface area is 156 Å². The molecule has 0 aliphatic rings. The molecule has 0 spiro atoms. The summed E-state index contributed by atoms with van der Waals surface area (Å²) in [4.78, 5) is 2.11. The molecule has 1 N–H and O–H groups in total. The molecule has 0 saturated carbocycles. The maximum Gasteiger partial charge on any atom is 0.127 e. The van der Waals surface area contributed by atoms with E-state index in [-0.39, 0.29) is 12.4 Å². The second-order valence-corrected chi connectivity index (χ2v) is 7.16. The molecule has 26 heavy (non-hydrogen) atoms. The Morgan fingerprint density at radius 1 is 1.04 bits per heavy atom. The Morgan fingerprint density at radius 2 is 1.73 bits per heavy atom. The van der Waals surface area contributed by atoms with Gasteiger partial charge in [0.2, 0.25) is 0 Å². The van der Waals surface area contributed by atoms with E-state index in [1.165, 1.54) is 6.07 Å². The van der Waals surface area contributed by atoms with Crippen molar-refractivity contribution in [2.45, 2.75) is 39.5 Å². The van der Waals surface area contributed by atoms with Crippen molar-refractivity contribution in [2.75, 3.05) is 19.7 Å². The molecule has 0 heterocycles. The van der Waals surface area contributed by atoms with Crippen molar-refractivity contribution in [2.24, 2.45) is 5.92 Å². The van der Waals surface area contributed by atoms with E-state index >= 15 is 0 Å². The molecule has 0 saturated heterocycles. The lowest BCUT2D eigenvalue weighted by Gasteiger charge is -2.26. The average molecular weight is 359 g/mol. The van der Waals surface area contributed by atoms with Gasteiger partial charge in [0.05, 0.1) is 19.3 Å². The van der Waals surface area contributed by atoms with Gasteiger partial charge in [0, 0.05) is 18.7 Å². The highest BCUT2D eigenvalue weighted by Gasteiger charge is 2.15. The fourth-order valence-corrected chi connectivity index (χ4v) is 2.78. The number of rotatable bonds is 11. The van der Waals surface area contributed by atoms with Crippen LogP contribution >= 0.6 is 0 Å². The number of nitrogens with zero attached hydrogens (tertiary/aromatic N) is 1. The van der Waals surface area contributed by atoms with Gasteiger partial charge in [-0.05, 0) is 30.5 Å². The summed E-state index contributed by atoms with van der Waals surface area (Å²) in [5.74, 6) is 0.362. The zero-order chi connectivity index (χ0) is 18.8. The molecule has 0 bridgehead atoms. The molecule has 0 fully saturated rings. The van der Waals surface area contributed by atoms with E-state index in [0.29, 0.717) is 31.2 Å². The van der Waals surface area contributed by atoms with Gasteiger partial charge in [-0.2, -0.15) is 0 Å². The van der Waals surface area contributed by atoms with E-state index in [4.69, 9.17) is 4.74 Å². The van der Waals surface area contributed by atoms with Gasteiger partial charge in [0.25, 0.3) is 0 Å². The maximum absolute atomic E-state index is 14.0. The van der Waals surface area contributed by atoms with Gasteiger partial charge in [-0.1, -0.05) is 62.4 Å². The van der Waals surface area contributed by atoms with Crippen molar-refractivity contribution in [3.63, 3.8) is 0 Å². The zero-order valence-electron chi connectivity index (χ0n) is 15.8. The molecule has 0 aromatic heterocycles. The lowest BCUT2D eigenvalue weighted by Crippen LogP contribution is -2.36. The Morgan fingerprint density at radius 3 is 2.42 bits per heavy atom. The van der Waals surface area contributed by atoms with Crippen LogP contribution in [0.15, 0.2) is 54.6 Å². The molecule has 1 atom stereocenters. The highest BCUT2D eigenvalue weighted by molar-refractivity contribution is 5.17. The molecule has 0 amide bonds. The first-order chi connectivity index (χ1) is 12.5. The first-order valence-corrected chi connectivity index (χ1v) is 9.30. The quantitative estimate of drug-likeness (QED) is 0.651. The van der Waals surface area contributed by atoms with Crippen LogP contribution in [-0.4, -0.2) is 35.8 Å². The number of ether oxygens (including phenoxy) is 1. The zero-order valence-corrected chi connectivity index (χ0v) is 15.8. The van der Waals surface area contributed by atoms with Gasteiger partial charge in [0.15, 0.2) is 0 Å². The monoisotopic (exact) mass is 359 g/mol. The molecule has 0 aliphatic carbocycles. The summed E-state index contributed by atoms with van der Waals surface area (Å²) in [5, 5.41) is 10.3. The van der Waals surface area contributed by atoms with Crippen molar-refractivity contribution in [3.8, 4) is 0 Å². The smallest absolute Gasteiger partial charge is 0.127 e. The van der Waals surface area contributed by atoms with Crippen LogP contribution in [-0.2, 0) is 17.9 Å². The molecule has 2 aromatic rings. The van der Waals surface area contributed by atoms with E-state index in [0.717, 1.165) is 18.5 Å². The Bertz CT molecular complexity index is 633. The van der Waals surface area contributed by atoms with Gasteiger partial charge in [-0.15, -0.1) is 0 Å². The largest absolute Gasteiger partial charge is 0.389 e. The SMILES string of the molecule is CC(C)CCN(Cc1ccccc1F)C[C@@H](O)COCc1ccccc1. The fraction of sp³-hybridized carbons (Fsp3) is 0.455. The minimum absolute atomic E-state index is 0.197. The first-order valence-electron chi connectivity index (χ1n) is 9.30. The molecule has 142 valence electrons. The normalized spacial score (nSPS) is 12.7. The van der Waals surface area contributed by atoms with Gasteiger partial charge in [0.1, 0.15) is 5.82 Å². The van der Waals surface area contributed by atoms with Crippen LogP contribution in [0.2, 0.25) is 0 Å². The molecule has 4 heteroatoms. The predicted molar refractivity (Wildman–Crippen MR) is 103 cm³/mol. The van der Waals surface area contributed by atoms with Crippen LogP contribution < -0.4 is 0 Å². The average Bonchev–Trinajstić information content (AvgIpc) is 2.62. The highest BCUT2D eigenvalue weighted by Crippen LogP contribution is 2.12. The lowest BCUT2D eigenvalue weighted by molar-refractivity contribution is 0.00774. The van der Waals surface area contributed by atoms with Crippen molar-refractivity contribution in [1.29, 1.82) is 0 Å². The molecular weight excluding hydrogens is 329 g/mol. The molecule has 0 unspecified atom stereocenters. The van der Waals surface area contributed by atoms with E-state index in [1.807, 2.05) is 36.4 Å². The van der Waals surface area contributed by atoms with E-state index in [1.54, 1.807) is 12.1 Å². The lowest BCUT2D eigenvalue weighted by atomic mass is 10.1.